The van der Waals surface area contributed by atoms with Gasteiger partial charge in [0, 0.05) is 43.7 Å². The first-order valence-corrected chi connectivity index (χ1v) is 14.0. The number of ether oxygens (including phenoxy) is 1. The maximum absolute atomic E-state index is 13.4. The van der Waals surface area contributed by atoms with Crippen LogP contribution in [-0.4, -0.2) is 69.8 Å². The number of fused-ring (bicyclic) bond motifs is 1. The summed E-state index contributed by atoms with van der Waals surface area (Å²) in [4.78, 5) is 33.0. The lowest BCUT2D eigenvalue weighted by molar-refractivity contribution is -0.127. The second kappa shape index (κ2) is 12.0. The minimum Gasteiger partial charge on any atom is -0.389 e. The lowest BCUT2D eigenvalue weighted by Crippen LogP contribution is -2.41. The molecule has 1 saturated heterocycles. The third-order valence-electron chi connectivity index (χ3n) is 7.72. The second-order valence-electron chi connectivity index (χ2n) is 11.5. The minimum absolute atomic E-state index is 0.0336. The molecule has 1 aromatic heterocycles. The van der Waals surface area contributed by atoms with Gasteiger partial charge >= 0.3 is 0 Å². The van der Waals surface area contributed by atoms with Gasteiger partial charge in [0.05, 0.1) is 29.8 Å². The highest BCUT2D eigenvalue weighted by Crippen LogP contribution is 2.37. The molecule has 40 heavy (non-hydrogen) atoms. The van der Waals surface area contributed by atoms with Crippen LogP contribution < -0.4 is 10.6 Å². The Kier molecular flexibility index (Phi) is 8.48. The molecular weight excluding hydrogens is 513 g/mol. The van der Waals surface area contributed by atoms with Crippen LogP contribution in [0.1, 0.15) is 61.5 Å². The number of amides is 2. The zero-order valence-corrected chi connectivity index (χ0v) is 23.2. The zero-order chi connectivity index (χ0) is 28.3. The molecule has 1 aliphatic heterocycles. The van der Waals surface area contributed by atoms with Crippen LogP contribution in [0.3, 0.4) is 0 Å². The Balaban J connectivity index is 1.39. The third kappa shape index (κ3) is 6.86. The van der Waals surface area contributed by atoms with Crippen LogP contribution in [-0.2, 0) is 16.1 Å². The zero-order valence-electron chi connectivity index (χ0n) is 23.2. The first kappa shape index (κ1) is 28.2. The summed E-state index contributed by atoms with van der Waals surface area (Å²) >= 11 is 0. The predicted molar refractivity (Wildman–Crippen MR) is 150 cm³/mol. The second-order valence-corrected chi connectivity index (χ2v) is 11.5. The first-order valence-electron chi connectivity index (χ1n) is 14.0. The number of aromatic nitrogens is 2. The fraction of sp³-hybridized carbons (Fsp3) is 0.500. The fourth-order valence-electron chi connectivity index (χ4n) is 5.53. The van der Waals surface area contributed by atoms with Gasteiger partial charge in [-0.15, -0.1) is 0 Å². The number of carbonyl (C=O) groups excluding carboxylic acids is 2. The van der Waals surface area contributed by atoms with E-state index in [9.17, 15) is 19.1 Å². The van der Waals surface area contributed by atoms with Crippen LogP contribution >= 0.6 is 0 Å². The number of morpholine rings is 1. The summed E-state index contributed by atoms with van der Waals surface area (Å²) < 4.78 is 21.0. The summed E-state index contributed by atoms with van der Waals surface area (Å²) in [6, 6.07) is 11.7. The van der Waals surface area contributed by atoms with Crippen LogP contribution in [0.4, 0.5) is 10.3 Å². The highest BCUT2D eigenvalue weighted by atomic mass is 19.1. The van der Waals surface area contributed by atoms with Gasteiger partial charge in [0.2, 0.25) is 11.9 Å². The Morgan fingerprint density at radius 1 is 1.07 bits per heavy atom. The first-order chi connectivity index (χ1) is 19.2. The van der Waals surface area contributed by atoms with Crippen LogP contribution in [0, 0.1) is 11.7 Å². The molecule has 3 aromatic rings. The standard InChI is InChI=1S/C30H38FN5O4/c1-30(2,39)19-32-27(37)21-6-10-24(11-7-21)36-26-17-20(18-35-13-15-40-16-14-35)3-12-25(26)33-29(36)34-28(38)22-4-8-23(31)9-5-22/h3-5,8-9,12,17,21,24,39H,6-7,10-11,13-16,18-19H2,1-2H3,(H,32,37)(H,33,34,38). The molecule has 0 radical (unpaired) electrons. The van der Waals surface area contributed by atoms with E-state index in [1.165, 1.54) is 24.3 Å². The van der Waals surface area contributed by atoms with E-state index in [2.05, 4.69) is 32.2 Å². The molecule has 5 rings (SSSR count). The molecule has 1 aliphatic carbocycles. The van der Waals surface area contributed by atoms with Crippen molar-refractivity contribution in [2.24, 2.45) is 5.92 Å². The lowest BCUT2D eigenvalue weighted by Gasteiger charge is -2.31. The van der Waals surface area contributed by atoms with E-state index in [0.717, 1.165) is 62.3 Å². The number of carbonyl (C=O) groups is 2. The van der Waals surface area contributed by atoms with E-state index in [4.69, 9.17) is 9.72 Å². The summed E-state index contributed by atoms with van der Waals surface area (Å²) in [5.74, 6) is -0.469. The summed E-state index contributed by atoms with van der Waals surface area (Å²) in [5.41, 5.74) is 2.27. The molecule has 9 nitrogen and oxygen atoms in total. The van der Waals surface area contributed by atoms with Crippen molar-refractivity contribution in [1.29, 1.82) is 0 Å². The molecule has 2 fully saturated rings. The number of rotatable bonds is 8. The average Bonchev–Trinajstić information content (AvgIpc) is 3.29. The molecule has 10 heteroatoms. The highest BCUT2D eigenvalue weighted by molar-refractivity contribution is 6.04. The summed E-state index contributed by atoms with van der Waals surface area (Å²) in [7, 11) is 0. The highest BCUT2D eigenvalue weighted by Gasteiger charge is 2.30. The van der Waals surface area contributed by atoms with Crippen molar-refractivity contribution in [3.05, 3.63) is 59.4 Å². The van der Waals surface area contributed by atoms with Crippen molar-refractivity contribution < 1.29 is 23.8 Å². The van der Waals surface area contributed by atoms with E-state index < -0.39 is 11.4 Å². The molecule has 1 saturated carbocycles. The molecule has 2 aliphatic rings. The van der Waals surface area contributed by atoms with E-state index >= 15 is 0 Å². The van der Waals surface area contributed by atoms with Gasteiger partial charge in [0.25, 0.3) is 5.91 Å². The number of nitrogens with zero attached hydrogens (tertiary/aromatic N) is 3. The van der Waals surface area contributed by atoms with Gasteiger partial charge in [0.1, 0.15) is 5.82 Å². The van der Waals surface area contributed by atoms with E-state index in [1.807, 2.05) is 6.07 Å². The molecular formula is C30H38FN5O4. The Bertz CT molecular complexity index is 1340. The smallest absolute Gasteiger partial charge is 0.257 e. The number of benzene rings is 2. The van der Waals surface area contributed by atoms with Crippen molar-refractivity contribution in [2.75, 3.05) is 38.2 Å². The Morgan fingerprint density at radius 2 is 1.77 bits per heavy atom. The number of anilines is 1. The normalized spacial score (nSPS) is 20.4. The van der Waals surface area contributed by atoms with E-state index in [0.29, 0.717) is 24.4 Å². The van der Waals surface area contributed by atoms with Crippen LogP contribution in [0.5, 0.6) is 0 Å². The summed E-state index contributed by atoms with van der Waals surface area (Å²) in [6.45, 7) is 7.58. The molecule has 3 N–H and O–H groups in total. The van der Waals surface area contributed by atoms with Crippen molar-refractivity contribution in [3.8, 4) is 0 Å². The van der Waals surface area contributed by atoms with Gasteiger partial charge in [-0.05, 0) is 81.5 Å². The van der Waals surface area contributed by atoms with Gasteiger partial charge in [-0.25, -0.2) is 9.37 Å². The number of halogens is 1. The van der Waals surface area contributed by atoms with Crippen LogP contribution in [0.2, 0.25) is 0 Å². The molecule has 2 amide bonds. The van der Waals surface area contributed by atoms with Crippen LogP contribution in [0.15, 0.2) is 42.5 Å². The summed E-state index contributed by atoms with van der Waals surface area (Å²) in [6.07, 6.45) is 2.89. The maximum atomic E-state index is 13.4. The predicted octanol–water partition coefficient (Wildman–Crippen LogP) is 3.88. The maximum Gasteiger partial charge on any atom is 0.257 e. The largest absolute Gasteiger partial charge is 0.389 e. The average molecular weight is 552 g/mol. The number of hydrogen-bond donors (Lipinski definition) is 3. The molecule has 214 valence electrons. The SMILES string of the molecule is CC(C)(O)CNC(=O)C1CCC(n2c(NC(=O)c3ccc(F)cc3)nc3ccc(CN4CCOCC4)cc32)CC1. The number of imidazole rings is 1. The quantitative estimate of drug-likeness (QED) is 0.392. The fourth-order valence-corrected chi connectivity index (χ4v) is 5.53. The Labute approximate surface area is 233 Å². The molecule has 2 aromatic carbocycles. The Hall–Kier alpha value is -3.34. The van der Waals surface area contributed by atoms with Gasteiger partial charge in [-0.3, -0.25) is 19.8 Å². The third-order valence-corrected chi connectivity index (χ3v) is 7.72. The van der Waals surface area contributed by atoms with Crippen molar-refractivity contribution >= 4 is 28.8 Å². The lowest BCUT2D eigenvalue weighted by atomic mass is 9.85. The topological polar surface area (TPSA) is 109 Å². The van der Waals surface area contributed by atoms with Gasteiger partial charge in [0.15, 0.2) is 0 Å². The number of aliphatic hydroxyl groups is 1. The molecule has 0 unspecified atom stereocenters. The van der Waals surface area contributed by atoms with Crippen LogP contribution in [0.25, 0.3) is 11.0 Å². The Morgan fingerprint density at radius 3 is 2.45 bits per heavy atom. The van der Waals surface area contributed by atoms with Crippen molar-refractivity contribution in [2.45, 2.75) is 57.7 Å². The van der Waals surface area contributed by atoms with E-state index in [-0.39, 0.29) is 30.3 Å². The van der Waals surface area contributed by atoms with Gasteiger partial charge < -0.3 is 19.7 Å². The number of nitrogens with one attached hydrogen (secondary N) is 2. The monoisotopic (exact) mass is 551 g/mol. The van der Waals surface area contributed by atoms with Gasteiger partial charge in [-0.2, -0.15) is 0 Å². The minimum atomic E-state index is -0.959. The van der Waals surface area contributed by atoms with Gasteiger partial charge in [-0.1, -0.05) is 6.07 Å². The molecule has 0 atom stereocenters. The van der Waals surface area contributed by atoms with Crippen molar-refractivity contribution in [3.63, 3.8) is 0 Å². The number of hydrogen-bond acceptors (Lipinski definition) is 6. The molecule has 2 heterocycles. The molecule has 0 spiro atoms. The summed E-state index contributed by atoms with van der Waals surface area (Å²) in [5, 5.41) is 15.8. The van der Waals surface area contributed by atoms with Crippen molar-refractivity contribution in [1.82, 2.24) is 19.8 Å². The van der Waals surface area contributed by atoms with E-state index in [1.54, 1.807) is 13.8 Å². The molecule has 0 bridgehead atoms.